The van der Waals surface area contributed by atoms with Crippen molar-refractivity contribution in [3.05, 3.63) is 67.3 Å². The van der Waals surface area contributed by atoms with E-state index < -0.39 is 0 Å². The number of allylic oxidation sites excluding steroid dienone is 3. The molecular weight excluding hydrogens is 436 g/mol. The topological polar surface area (TPSA) is 48.8 Å². The number of aromatic nitrogens is 1. The van der Waals surface area contributed by atoms with Crippen LogP contribution < -0.4 is 0 Å². The van der Waals surface area contributed by atoms with E-state index >= 15 is 0 Å². The van der Waals surface area contributed by atoms with Crippen LogP contribution in [0.15, 0.2) is 61.6 Å². The van der Waals surface area contributed by atoms with Crippen molar-refractivity contribution in [3.63, 3.8) is 0 Å². The highest BCUT2D eigenvalue weighted by atomic mass is 16.1. The summed E-state index contributed by atoms with van der Waals surface area (Å²) in [4.78, 5) is 27.7. The van der Waals surface area contributed by atoms with Gasteiger partial charge in [0.1, 0.15) is 6.29 Å². The van der Waals surface area contributed by atoms with E-state index in [0.717, 1.165) is 50.4 Å². The van der Waals surface area contributed by atoms with E-state index in [2.05, 4.69) is 34.4 Å². The maximum absolute atomic E-state index is 11.7. The number of likely N-dealkylation sites (tertiary alicyclic amines) is 1. The van der Waals surface area contributed by atoms with Crippen molar-refractivity contribution < 1.29 is 9.59 Å². The van der Waals surface area contributed by atoms with E-state index in [1.165, 1.54) is 38.6 Å². The van der Waals surface area contributed by atoms with Crippen molar-refractivity contribution in [1.29, 1.82) is 0 Å². The minimum Gasteiger partial charge on any atom is -0.371 e. The van der Waals surface area contributed by atoms with Crippen LogP contribution in [0.25, 0.3) is 5.70 Å². The minimum atomic E-state index is 0.0312. The van der Waals surface area contributed by atoms with Gasteiger partial charge in [-0.15, -0.1) is 0 Å². The Labute approximate surface area is 214 Å². The molecule has 0 aliphatic carbocycles. The monoisotopic (exact) mass is 484 g/mol. The summed E-state index contributed by atoms with van der Waals surface area (Å²) in [5.74, 6) is 0.0312. The molecule has 0 radical (unpaired) electrons. The number of carbonyl (C=O) groups is 2. The molecule has 0 amide bonds. The van der Waals surface area contributed by atoms with Gasteiger partial charge in [0.15, 0.2) is 5.78 Å². The van der Waals surface area contributed by atoms with Gasteiger partial charge in [0.2, 0.25) is 0 Å². The number of ketones is 1. The Balaban J connectivity index is 0.00000150. The third-order valence-corrected chi connectivity index (χ3v) is 5.62. The van der Waals surface area contributed by atoms with E-state index in [0.29, 0.717) is 5.69 Å². The first-order valence-electron chi connectivity index (χ1n) is 12.9. The molecule has 6 nitrogen and oxygen atoms in total. The van der Waals surface area contributed by atoms with E-state index in [1.807, 2.05) is 62.7 Å². The summed E-state index contributed by atoms with van der Waals surface area (Å²) >= 11 is 0. The molecule has 0 bridgehead atoms. The fourth-order valence-electron chi connectivity index (χ4n) is 3.91. The second kappa shape index (κ2) is 18.5. The lowest BCUT2D eigenvalue weighted by atomic mass is 10.2. The molecule has 6 heteroatoms. The third kappa shape index (κ3) is 11.0. The van der Waals surface area contributed by atoms with E-state index in [4.69, 9.17) is 4.79 Å². The lowest BCUT2D eigenvalue weighted by molar-refractivity contribution is -0.106. The van der Waals surface area contributed by atoms with Crippen molar-refractivity contribution in [2.24, 2.45) is 0 Å². The summed E-state index contributed by atoms with van der Waals surface area (Å²) in [5.41, 5.74) is 3.61. The number of aldehydes is 1. The second-order valence-electron chi connectivity index (χ2n) is 7.89. The van der Waals surface area contributed by atoms with Crippen LogP contribution in [0.4, 0.5) is 0 Å². The zero-order valence-corrected chi connectivity index (χ0v) is 23.1. The number of nitrogens with zero attached hydrogens (tertiary/aromatic N) is 4. The van der Waals surface area contributed by atoms with Crippen LogP contribution in [0.5, 0.6) is 0 Å². The molecule has 2 aliphatic rings. The molecule has 2 fully saturated rings. The van der Waals surface area contributed by atoms with Gasteiger partial charge in [0.25, 0.3) is 0 Å². The molecule has 3 heterocycles. The van der Waals surface area contributed by atoms with Gasteiger partial charge in [0.05, 0.1) is 5.69 Å². The molecule has 35 heavy (non-hydrogen) atoms. The maximum atomic E-state index is 11.7. The van der Waals surface area contributed by atoms with Gasteiger partial charge in [-0.05, 0) is 57.1 Å². The first-order valence-corrected chi connectivity index (χ1v) is 12.9. The van der Waals surface area contributed by atoms with Gasteiger partial charge in [0, 0.05) is 62.9 Å². The fraction of sp³-hybridized carbons (Fsp3) is 0.517. The number of hydrogen-bond donors (Lipinski definition) is 0. The summed E-state index contributed by atoms with van der Waals surface area (Å²) in [6, 6.07) is 3.67. The number of Topliss-reactive ketones (excluding diaryl/α,β-unsaturated/α-hetero) is 1. The van der Waals surface area contributed by atoms with E-state index in [-0.39, 0.29) is 5.78 Å². The Bertz CT molecular complexity index is 823. The highest BCUT2D eigenvalue weighted by Gasteiger charge is 2.20. The Morgan fingerprint density at radius 1 is 0.886 bits per heavy atom. The number of hydrogen-bond acceptors (Lipinski definition) is 5. The van der Waals surface area contributed by atoms with Crippen molar-refractivity contribution in [2.45, 2.75) is 54.4 Å². The molecule has 2 aliphatic heterocycles. The fourth-order valence-corrected chi connectivity index (χ4v) is 3.91. The molecule has 2 saturated heterocycles. The van der Waals surface area contributed by atoms with Crippen LogP contribution in [0.1, 0.15) is 64.9 Å². The Kier molecular flexibility index (Phi) is 17.0. The van der Waals surface area contributed by atoms with Crippen molar-refractivity contribution in [3.8, 4) is 0 Å². The van der Waals surface area contributed by atoms with Gasteiger partial charge >= 0.3 is 0 Å². The molecule has 0 atom stereocenters. The molecule has 0 aromatic carbocycles. The quantitative estimate of drug-likeness (QED) is 0.268. The smallest absolute Gasteiger partial charge is 0.176 e. The summed E-state index contributed by atoms with van der Waals surface area (Å²) in [6.45, 7) is 30.9. The molecular formula is C29H48N4O2. The normalized spacial score (nSPS) is 15.1. The highest BCUT2D eigenvalue weighted by molar-refractivity contribution is 5.94. The summed E-state index contributed by atoms with van der Waals surface area (Å²) < 4.78 is 1.81. The van der Waals surface area contributed by atoms with E-state index in [9.17, 15) is 4.79 Å². The van der Waals surface area contributed by atoms with Crippen molar-refractivity contribution in [2.75, 3.05) is 45.8 Å². The Morgan fingerprint density at radius 2 is 1.37 bits per heavy atom. The lowest BCUT2D eigenvalue weighted by Crippen LogP contribution is -2.46. The van der Waals surface area contributed by atoms with Crippen LogP contribution in [-0.4, -0.2) is 77.1 Å². The predicted molar refractivity (Wildman–Crippen MR) is 150 cm³/mol. The zero-order valence-electron chi connectivity index (χ0n) is 23.1. The predicted octanol–water partition coefficient (Wildman–Crippen LogP) is 5.72. The SMILES string of the molecule is C=C(/C=C\C(=C)n1cccc1C(C)=O)N1CCN(C(=C)CN2CCCC2)CC1.CC.CC.CC=O. The van der Waals surface area contributed by atoms with Gasteiger partial charge in [-0.1, -0.05) is 47.4 Å². The standard InChI is InChI=1S/C23H32N4O.C2H4O.2C2H6/c1-19(9-10-20(2)27-13-7-8-23(27)22(4)28)25-14-16-26(17-15-25)21(3)18-24-11-5-6-12-24;1-2-3;2*1-2/h7-10,13H,1-3,5-6,11-12,14-18H2,4H3;2H,1H3;2*1-2H3/b10-9-;;;. The Hall–Kier alpha value is -2.86. The summed E-state index contributed by atoms with van der Waals surface area (Å²) in [6.07, 6.45) is 9.15. The average molecular weight is 485 g/mol. The van der Waals surface area contributed by atoms with Crippen LogP contribution in [-0.2, 0) is 4.79 Å². The second-order valence-corrected chi connectivity index (χ2v) is 7.89. The number of rotatable bonds is 8. The van der Waals surface area contributed by atoms with Gasteiger partial charge in [-0.2, -0.15) is 0 Å². The van der Waals surface area contributed by atoms with Crippen LogP contribution in [0.3, 0.4) is 0 Å². The van der Waals surface area contributed by atoms with Crippen LogP contribution in [0.2, 0.25) is 0 Å². The lowest BCUT2D eigenvalue weighted by Gasteiger charge is -2.39. The molecule has 0 spiro atoms. The number of piperazine rings is 1. The van der Waals surface area contributed by atoms with Crippen LogP contribution in [0, 0.1) is 0 Å². The van der Waals surface area contributed by atoms with Gasteiger partial charge in [-0.25, -0.2) is 0 Å². The zero-order chi connectivity index (χ0) is 26.8. The molecule has 1 aromatic heterocycles. The molecule has 0 N–H and O–H groups in total. The molecule has 3 rings (SSSR count). The summed E-state index contributed by atoms with van der Waals surface area (Å²) in [5, 5.41) is 0. The first-order chi connectivity index (χ1) is 16.9. The molecule has 0 unspecified atom stereocenters. The summed E-state index contributed by atoms with van der Waals surface area (Å²) in [7, 11) is 0. The van der Waals surface area contributed by atoms with Crippen molar-refractivity contribution >= 4 is 17.8 Å². The highest BCUT2D eigenvalue weighted by Crippen LogP contribution is 2.17. The molecule has 196 valence electrons. The van der Waals surface area contributed by atoms with Crippen molar-refractivity contribution in [1.82, 2.24) is 19.3 Å². The third-order valence-electron chi connectivity index (χ3n) is 5.62. The Morgan fingerprint density at radius 3 is 1.89 bits per heavy atom. The number of carbonyl (C=O) groups excluding carboxylic acids is 2. The average Bonchev–Trinajstić information content (AvgIpc) is 3.58. The van der Waals surface area contributed by atoms with Gasteiger partial charge < -0.3 is 19.2 Å². The maximum Gasteiger partial charge on any atom is 0.176 e. The largest absolute Gasteiger partial charge is 0.371 e. The first kappa shape index (κ1) is 32.1. The minimum absolute atomic E-state index is 0.0312. The van der Waals surface area contributed by atoms with E-state index in [1.54, 1.807) is 6.92 Å². The molecule has 0 saturated carbocycles. The van der Waals surface area contributed by atoms with Gasteiger partial charge in [-0.3, -0.25) is 9.69 Å². The molecule has 1 aromatic rings. The van der Waals surface area contributed by atoms with Crippen LogP contribution >= 0.6 is 0 Å².